The predicted octanol–water partition coefficient (Wildman–Crippen LogP) is 2.67. The van der Waals surface area contributed by atoms with Crippen LogP contribution in [0.2, 0.25) is 5.02 Å². The Hall–Kier alpha value is -3.85. The third-order valence-corrected chi connectivity index (χ3v) is 4.16. The lowest BCUT2D eigenvalue weighted by atomic mass is 9.96. The van der Waals surface area contributed by atoms with Crippen molar-refractivity contribution in [3.05, 3.63) is 83.3 Å². The fraction of sp³-hybridized carbons (Fsp3) is 0.0526. The SMILES string of the molecule is Clc1cccc(C(c2ccnc3ccccc23)n2ncnn2)c1.O=C(O)C(=O)O. The van der Waals surface area contributed by atoms with Crippen LogP contribution in [0.25, 0.3) is 10.9 Å². The molecule has 0 aliphatic heterocycles. The van der Waals surface area contributed by atoms with E-state index in [-0.39, 0.29) is 6.04 Å². The first-order valence-corrected chi connectivity index (χ1v) is 8.63. The molecule has 9 nitrogen and oxygen atoms in total. The number of rotatable bonds is 3. The highest BCUT2D eigenvalue weighted by molar-refractivity contribution is 6.30. The zero-order chi connectivity index (χ0) is 20.8. The van der Waals surface area contributed by atoms with Crippen LogP contribution in [0, 0.1) is 0 Å². The maximum absolute atomic E-state index is 9.10. The molecule has 0 fully saturated rings. The van der Waals surface area contributed by atoms with Crippen LogP contribution in [0.3, 0.4) is 0 Å². The second-order valence-electron chi connectivity index (χ2n) is 5.74. The number of pyridine rings is 1. The summed E-state index contributed by atoms with van der Waals surface area (Å²) in [6, 6.07) is 17.5. The minimum absolute atomic E-state index is 0.218. The summed E-state index contributed by atoms with van der Waals surface area (Å²) in [4.78, 5) is 24.2. The molecule has 2 N–H and O–H groups in total. The lowest BCUT2D eigenvalue weighted by Gasteiger charge is -2.18. The number of fused-ring (bicyclic) bond motifs is 1. The van der Waals surface area contributed by atoms with Gasteiger partial charge in [-0.05, 0) is 40.6 Å². The molecule has 2 heterocycles. The molecule has 1 unspecified atom stereocenters. The molecule has 0 aliphatic carbocycles. The standard InChI is InChI=1S/C17H12ClN5.C2H2O4/c18-13-5-3-4-12(10-13)17(23-21-11-20-22-23)15-8-9-19-16-7-2-1-6-14(15)16;3-1(4)2(5)6/h1-11,17H;(H,3,4)(H,5,6). The smallest absolute Gasteiger partial charge is 0.414 e. The van der Waals surface area contributed by atoms with Crippen molar-refractivity contribution in [2.24, 2.45) is 0 Å². The summed E-state index contributed by atoms with van der Waals surface area (Å²) in [6.07, 6.45) is 3.23. The van der Waals surface area contributed by atoms with E-state index in [1.807, 2.05) is 54.6 Å². The first kappa shape index (κ1) is 19.9. The molecule has 1 atom stereocenters. The van der Waals surface area contributed by atoms with Crippen molar-refractivity contribution in [3.63, 3.8) is 0 Å². The van der Waals surface area contributed by atoms with Gasteiger partial charge in [-0.1, -0.05) is 41.9 Å². The number of hydrogen-bond donors (Lipinski definition) is 2. The number of carbonyl (C=O) groups is 2. The average molecular weight is 412 g/mol. The van der Waals surface area contributed by atoms with Crippen LogP contribution in [0.4, 0.5) is 0 Å². The number of halogens is 1. The molecule has 4 rings (SSSR count). The van der Waals surface area contributed by atoms with Crippen LogP contribution in [-0.4, -0.2) is 47.3 Å². The van der Waals surface area contributed by atoms with Gasteiger partial charge in [-0.15, -0.1) is 10.2 Å². The number of carboxylic acid groups (broad SMARTS) is 2. The van der Waals surface area contributed by atoms with Crippen LogP contribution in [0.15, 0.2) is 67.1 Å². The van der Waals surface area contributed by atoms with Gasteiger partial charge in [-0.3, -0.25) is 4.98 Å². The average Bonchev–Trinajstić information content (AvgIpc) is 3.23. The summed E-state index contributed by atoms with van der Waals surface area (Å²) in [5, 5.41) is 28.7. The molecule has 2 aromatic carbocycles. The predicted molar refractivity (Wildman–Crippen MR) is 104 cm³/mol. The van der Waals surface area contributed by atoms with E-state index in [9.17, 15) is 0 Å². The third-order valence-electron chi connectivity index (χ3n) is 3.92. The molecular formula is C19H14ClN5O4. The van der Waals surface area contributed by atoms with E-state index in [1.165, 1.54) is 6.33 Å². The van der Waals surface area contributed by atoms with Crippen molar-refractivity contribution in [2.75, 3.05) is 0 Å². The maximum Gasteiger partial charge on any atom is 0.414 e. The van der Waals surface area contributed by atoms with E-state index in [0.717, 1.165) is 22.0 Å². The van der Waals surface area contributed by atoms with Gasteiger partial charge in [0.1, 0.15) is 6.04 Å². The van der Waals surface area contributed by atoms with E-state index in [0.29, 0.717) is 5.02 Å². The molecule has 10 heteroatoms. The Labute approximate surface area is 169 Å². The molecule has 0 aliphatic rings. The van der Waals surface area contributed by atoms with Crippen molar-refractivity contribution in [2.45, 2.75) is 6.04 Å². The topological polar surface area (TPSA) is 131 Å². The quantitative estimate of drug-likeness (QED) is 0.492. The monoisotopic (exact) mass is 411 g/mol. The molecule has 0 saturated carbocycles. The number of benzene rings is 2. The number of carboxylic acids is 2. The number of aromatic nitrogens is 5. The van der Waals surface area contributed by atoms with Crippen LogP contribution >= 0.6 is 11.6 Å². The van der Waals surface area contributed by atoms with E-state index in [2.05, 4.69) is 20.4 Å². The van der Waals surface area contributed by atoms with Crippen LogP contribution in [0.1, 0.15) is 17.2 Å². The van der Waals surface area contributed by atoms with Gasteiger partial charge in [0, 0.05) is 16.6 Å². The van der Waals surface area contributed by atoms with E-state index < -0.39 is 11.9 Å². The van der Waals surface area contributed by atoms with Gasteiger partial charge in [0.05, 0.1) is 5.52 Å². The highest BCUT2D eigenvalue weighted by Crippen LogP contribution is 2.31. The number of aliphatic carboxylic acids is 2. The highest BCUT2D eigenvalue weighted by atomic mass is 35.5. The van der Waals surface area contributed by atoms with Gasteiger partial charge in [-0.2, -0.15) is 4.80 Å². The summed E-state index contributed by atoms with van der Waals surface area (Å²) < 4.78 is 0. The number of para-hydroxylation sites is 1. The zero-order valence-electron chi connectivity index (χ0n) is 14.8. The molecule has 29 heavy (non-hydrogen) atoms. The number of nitrogens with zero attached hydrogens (tertiary/aromatic N) is 5. The lowest BCUT2D eigenvalue weighted by molar-refractivity contribution is -0.159. The van der Waals surface area contributed by atoms with Gasteiger partial charge in [-0.25, -0.2) is 9.59 Å². The fourth-order valence-corrected chi connectivity index (χ4v) is 2.96. The Balaban J connectivity index is 0.000000353. The molecule has 146 valence electrons. The van der Waals surface area contributed by atoms with Crippen molar-refractivity contribution >= 4 is 34.4 Å². The molecule has 0 bridgehead atoms. The van der Waals surface area contributed by atoms with Crippen LogP contribution < -0.4 is 0 Å². The van der Waals surface area contributed by atoms with Gasteiger partial charge in [0.15, 0.2) is 6.33 Å². The fourth-order valence-electron chi connectivity index (χ4n) is 2.76. The Morgan fingerprint density at radius 1 is 1.00 bits per heavy atom. The van der Waals surface area contributed by atoms with Crippen LogP contribution in [0.5, 0.6) is 0 Å². The Bertz CT molecular complexity index is 1130. The maximum atomic E-state index is 9.10. The molecule has 0 spiro atoms. The summed E-state index contributed by atoms with van der Waals surface area (Å²) in [5.41, 5.74) is 2.97. The normalized spacial score (nSPS) is 11.3. The molecule has 4 aromatic rings. The largest absolute Gasteiger partial charge is 0.473 e. The second kappa shape index (κ2) is 8.89. The van der Waals surface area contributed by atoms with Crippen molar-refractivity contribution < 1.29 is 19.8 Å². The molecule has 0 radical (unpaired) electrons. The Morgan fingerprint density at radius 3 is 2.41 bits per heavy atom. The minimum atomic E-state index is -1.82. The van der Waals surface area contributed by atoms with Crippen LogP contribution in [-0.2, 0) is 9.59 Å². The van der Waals surface area contributed by atoms with E-state index in [4.69, 9.17) is 31.4 Å². The van der Waals surface area contributed by atoms with Gasteiger partial charge >= 0.3 is 11.9 Å². The molecule has 2 aromatic heterocycles. The molecular weight excluding hydrogens is 398 g/mol. The van der Waals surface area contributed by atoms with E-state index in [1.54, 1.807) is 11.0 Å². The first-order valence-electron chi connectivity index (χ1n) is 8.25. The number of hydrogen-bond acceptors (Lipinski definition) is 6. The van der Waals surface area contributed by atoms with Crippen molar-refractivity contribution in [1.82, 2.24) is 25.2 Å². The Morgan fingerprint density at radius 2 is 1.76 bits per heavy atom. The van der Waals surface area contributed by atoms with Gasteiger partial charge in [0.25, 0.3) is 0 Å². The van der Waals surface area contributed by atoms with Gasteiger partial charge < -0.3 is 10.2 Å². The summed E-state index contributed by atoms with van der Waals surface area (Å²) in [6.45, 7) is 0. The summed E-state index contributed by atoms with van der Waals surface area (Å²) >= 11 is 6.18. The lowest BCUT2D eigenvalue weighted by Crippen LogP contribution is -2.16. The van der Waals surface area contributed by atoms with Gasteiger partial charge in [0.2, 0.25) is 0 Å². The Kier molecular flexibility index (Phi) is 6.10. The highest BCUT2D eigenvalue weighted by Gasteiger charge is 2.21. The third kappa shape index (κ3) is 4.71. The first-order chi connectivity index (χ1) is 14.0. The summed E-state index contributed by atoms with van der Waals surface area (Å²) in [7, 11) is 0. The summed E-state index contributed by atoms with van der Waals surface area (Å²) in [5.74, 6) is -3.65. The number of tetrazole rings is 1. The molecule has 0 saturated heterocycles. The second-order valence-corrected chi connectivity index (χ2v) is 6.18. The molecule has 0 amide bonds. The minimum Gasteiger partial charge on any atom is -0.473 e. The van der Waals surface area contributed by atoms with E-state index >= 15 is 0 Å². The zero-order valence-corrected chi connectivity index (χ0v) is 15.5. The van der Waals surface area contributed by atoms with Crippen molar-refractivity contribution in [3.8, 4) is 0 Å². The van der Waals surface area contributed by atoms with Crippen molar-refractivity contribution in [1.29, 1.82) is 0 Å².